The van der Waals surface area contributed by atoms with Crippen LogP contribution in [0.3, 0.4) is 0 Å². The molecule has 0 saturated carbocycles. The Morgan fingerprint density at radius 1 is 0.864 bits per heavy atom. The molecule has 4 aromatic heterocycles. The van der Waals surface area contributed by atoms with Crippen molar-refractivity contribution in [3.8, 4) is 0 Å². The molecule has 0 aromatic carbocycles. The number of carbonyl (C=O) groups excluding carboxylic acids is 4. The van der Waals surface area contributed by atoms with Crippen LogP contribution in [-0.2, 0) is 25.9 Å². The van der Waals surface area contributed by atoms with E-state index in [2.05, 4.69) is 31.2 Å². The van der Waals surface area contributed by atoms with Crippen molar-refractivity contribution in [1.82, 2.24) is 28.9 Å². The minimum atomic E-state index is -0.519. The summed E-state index contributed by atoms with van der Waals surface area (Å²) < 4.78 is 10.0. The first-order valence-corrected chi connectivity index (χ1v) is 15.0. The second kappa shape index (κ2) is 13.5. The van der Waals surface area contributed by atoms with E-state index in [-0.39, 0.29) is 29.2 Å². The fraction of sp³-hybridized carbons (Fsp3) is 0.321. The lowest BCUT2D eigenvalue weighted by Crippen LogP contribution is -2.41. The van der Waals surface area contributed by atoms with Crippen molar-refractivity contribution < 1.29 is 23.9 Å². The van der Waals surface area contributed by atoms with Crippen LogP contribution in [0.15, 0.2) is 42.2 Å². The maximum Gasteiger partial charge on any atom is 0.291 e. The molecule has 14 nitrogen and oxygen atoms in total. The lowest BCUT2D eigenvalue weighted by Gasteiger charge is -2.26. The van der Waals surface area contributed by atoms with Crippen LogP contribution < -0.4 is 21.3 Å². The average Bonchev–Trinajstić information content (AvgIpc) is 3.76. The Morgan fingerprint density at radius 2 is 1.50 bits per heavy atom. The Morgan fingerprint density at radius 3 is 2.14 bits per heavy atom. The number of imidazole rings is 1. The Balaban J connectivity index is 1.17. The van der Waals surface area contributed by atoms with E-state index in [1.54, 1.807) is 60.2 Å². The van der Waals surface area contributed by atoms with Crippen molar-refractivity contribution in [2.45, 2.75) is 0 Å². The number of hydrogen-bond donors (Lipinski definition) is 4. The predicted octanol–water partition coefficient (Wildman–Crippen LogP) is 2.63. The van der Waals surface area contributed by atoms with E-state index >= 15 is 0 Å². The number of morpholine rings is 1. The molecule has 5 rings (SSSR count). The van der Waals surface area contributed by atoms with Gasteiger partial charge in [0.25, 0.3) is 23.6 Å². The Bertz CT molecular complexity index is 1700. The zero-order valence-electron chi connectivity index (χ0n) is 24.3. The lowest BCUT2D eigenvalue weighted by molar-refractivity contribution is 0.0383. The number of aryl methyl sites for hydroxylation is 3. The minimum Gasteiger partial charge on any atom is -0.379 e. The van der Waals surface area contributed by atoms with Crippen LogP contribution in [0.5, 0.6) is 0 Å². The molecule has 0 aliphatic carbocycles. The lowest BCUT2D eigenvalue weighted by atomic mass is 10.3. The Kier molecular flexibility index (Phi) is 9.49. The topological polar surface area (TPSA) is 157 Å². The van der Waals surface area contributed by atoms with E-state index in [4.69, 9.17) is 16.3 Å². The van der Waals surface area contributed by atoms with Crippen molar-refractivity contribution in [2.24, 2.45) is 21.1 Å². The number of halogens is 1. The zero-order chi connectivity index (χ0) is 31.4. The van der Waals surface area contributed by atoms with E-state index < -0.39 is 11.8 Å². The van der Waals surface area contributed by atoms with Crippen molar-refractivity contribution >= 4 is 63.8 Å². The van der Waals surface area contributed by atoms with Crippen LogP contribution in [-0.4, -0.2) is 86.6 Å². The van der Waals surface area contributed by atoms with Gasteiger partial charge in [-0.25, -0.2) is 4.98 Å². The highest BCUT2D eigenvalue weighted by atomic mass is 35.5. The van der Waals surface area contributed by atoms with Gasteiger partial charge in [-0.2, -0.15) is 0 Å². The molecule has 0 atom stereocenters. The molecule has 16 heteroatoms. The summed E-state index contributed by atoms with van der Waals surface area (Å²) in [6.45, 7) is 4.30. The molecule has 44 heavy (non-hydrogen) atoms. The summed E-state index contributed by atoms with van der Waals surface area (Å²) >= 11 is 7.26. The first kappa shape index (κ1) is 31.0. The van der Waals surface area contributed by atoms with Crippen LogP contribution in [0, 0.1) is 0 Å². The maximum absolute atomic E-state index is 13.0. The van der Waals surface area contributed by atoms with Gasteiger partial charge in [0.05, 0.1) is 29.6 Å². The number of carbonyl (C=O) groups is 4. The van der Waals surface area contributed by atoms with E-state index in [9.17, 15) is 19.2 Å². The third-order valence-electron chi connectivity index (χ3n) is 6.95. The third-order valence-corrected chi connectivity index (χ3v) is 8.29. The van der Waals surface area contributed by atoms with Crippen LogP contribution >= 0.6 is 22.9 Å². The van der Waals surface area contributed by atoms with Crippen LogP contribution in [0.2, 0.25) is 5.02 Å². The molecule has 0 unspecified atom stereocenters. The van der Waals surface area contributed by atoms with Gasteiger partial charge in [0.15, 0.2) is 5.82 Å². The van der Waals surface area contributed by atoms with Gasteiger partial charge in [0, 0.05) is 65.9 Å². The fourth-order valence-corrected chi connectivity index (χ4v) is 5.74. The molecule has 1 saturated heterocycles. The molecule has 4 aromatic rings. The summed E-state index contributed by atoms with van der Waals surface area (Å²) in [5, 5.41) is 13.2. The number of thiophene rings is 1. The van der Waals surface area contributed by atoms with Crippen molar-refractivity contribution in [3.05, 3.63) is 69.3 Å². The van der Waals surface area contributed by atoms with Gasteiger partial charge in [0.2, 0.25) is 5.82 Å². The van der Waals surface area contributed by atoms with Gasteiger partial charge in [-0.05, 0) is 23.6 Å². The molecular formula is C28H32ClN9O5S. The second-order valence-corrected chi connectivity index (χ2v) is 11.5. The van der Waals surface area contributed by atoms with E-state index in [1.165, 1.54) is 28.2 Å². The van der Waals surface area contributed by atoms with Gasteiger partial charge >= 0.3 is 0 Å². The van der Waals surface area contributed by atoms with Crippen LogP contribution in [0.1, 0.15) is 41.3 Å². The standard InChI is InChI=1S/C28H32ClN9O5S/c1-35-15-18(12-20(35)25(39)30-5-6-38-7-9-43-10-8-38)32-28(42)24-33-22(16-37(24)3)34-26(40)21-13-17(14-36(21)2)31-27(41)23-19(29)4-11-44-23/h4,11-16H,5-10H2,1-3H3,(H,30,39)(H,31,41)(H,32,42)(H,34,40). The monoisotopic (exact) mass is 641 g/mol. The van der Waals surface area contributed by atoms with Gasteiger partial charge in [-0.3, -0.25) is 24.1 Å². The van der Waals surface area contributed by atoms with Gasteiger partial charge in [-0.1, -0.05) is 11.6 Å². The van der Waals surface area contributed by atoms with Crippen LogP contribution in [0.25, 0.3) is 0 Å². The molecule has 4 amide bonds. The number of nitrogens with one attached hydrogen (secondary N) is 4. The zero-order valence-corrected chi connectivity index (χ0v) is 25.9. The number of ether oxygens (including phenoxy) is 1. The summed E-state index contributed by atoms with van der Waals surface area (Å²) in [6, 6.07) is 4.75. The first-order chi connectivity index (χ1) is 21.1. The van der Waals surface area contributed by atoms with Gasteiger partial charge in [0.1, 0.15) is 16.3 Å². The summed E-state index contributed by atoms with van der Waals surface area (Å²) in [6.07, 6.45) is 4.75. The molecule has 0 radical (unpaired) electrons. The maximum atomic E-state index is 13.0. The van der Waals surface area contributed by atoms with Crippen LogP contribution in [0.4, 0.5) is 17.2 Å². The highest BCUT2D eigenvalue weighted by Crippen LogP contribution is 2.24. The normalized spacial score (nSPS) is 13.5. The van der Waals surface area contributed by atoms with E-state index in [0.29, 0.717) is 46.7 Å². The Labute approximate surface area is 261 Å². The van der Waals surface area contributed by atoms with E-state index in [0.717, 1.165) is 19.6 Å². The number of hydrogen-bond acceptors (Lipinski definition) is 8. The van der Waals surface area contributed by atoms with E-state index in [1.807, 2.05) is 0 Å². The SMILES string of the molecule is Cn1cc(NC(=O)c2nc(NC(=O)c3cc(NC(=O)c4sccc4Cl)cn3C)cn2C)cc1C(=O)NCCN1CCOCC1. The second-order valence-electron chi connectivity index (χ2n) is 10.2. The summed E-state index contributed by atoms with van der Waals surface area (Å²) in [5.74, 6) is -1.42. The molecule has 5 heterocycles. The molecule has 1 aliphatic heterocycles. The molecular weight excluding hydrogens is 610 g/mol. The molecule has 4 N–H and O–H groups in total. The Hall–Kier alpha value is -4.44. The molecule has 1 fully saturated rings. The fourth-order valence-electron chi connectivity index (χ4n) is 4.71. The number of rotatable bonds is 10. The molecule has 0 spiro atoms. The largest absolute Gasteiger partial charge is 0.379 e. The summed E-state index contributed by atoms with van der Waals surface area (Å²) in [7, 11) is 5.01. The van der Waals surface area contributed by atoms with Crippen molar-refractivity contribution in [3.63, 3.8) is 0 Å². The summed E-state index contributed by atoms with van der Waals surface area (Å²) in [4.78, 5) is 58.1. The van der Waals surface area contributed by atoms with Crippen molar-refractivity contribution in [2.75, 3.05) is 55.3 Å². The van der Waals surface area contributed by atoms with Crippen molar-refractivity contribution in [1.29, 1.82) is 0 Å². The number of amides is 4. The number of anilines is 3. The number of nitrogens with zero attached hydrogens (tertiary/aromatic N) is 5. The smallest absolute Gasteiger partial charge is 0.291 e. The average molecular weight is 642 g/mol. The molecule has 232 valence electrons. The molecule has 1 aliphatic rings. The quantitative estimate of drug-likeness (QED) is 0.207. The van der Waals surface area contributed by atoms with Gasteiger partial charge < -0.3 is 39.7 Å². The highest BCUT2D eigenvalue weighted by Gasteiger charge is 2.21. The minimum absolute atomic E-state index is 0.0494. The third kappa shape index (κ3) is 7.19. The molecule has 0 bridgehead atoms. The highest BCUT2D eigenvalue weighted by molar-refractivity contribution is 7.12. The summed E-state index contributed by atoms with van der Waals surface area (Å²) in [5.41, 5.74) is 1.49. The van der Waals surface area contributed by atoms with Gasteiger partial charge in [-0.15, -0.1) is 11.3 Å². The number of aromatic nitrogens is 4. The first-order valence-electron chi connectivity index (χ1n) is 13.7. The predicted molar refractivity (Wildman–Crippen MR) is 167 cm³/mol.